The molecule has 0 spiro atoms. The molecule has 0 unspecified atom stereocenters. The standard InChI is InChI=1S/C11H19NO4/c1-11(2,3)9(14)16-10(15)12-6-4-5-8(12)7-13/h8,13H,4-7H2,1-3H3/t8-/m0/s1. The maximum absolute atomic E-state index is 11.6. The lowest BCUT2D eigenvalue weighted by Crippen LogP contribution is -2.40. The summed E-state index contributed by atoms with van der Waals surface area (Å²) in [6.07, 6.45) is 0.954. The summed E-state index contributed by atoms with van der Waals surface area (Å²) < 4.78 is 4.77. The third-order valence-corrected chi connectivity index (χ3v) is 2.61. The highest BCUT2D eigenvalue weighted by atomic mass is 16.6. The van der Waals surface area contributed by atoms with Gasteiger partial charge in [0.1, 0.15) is 0 Å². The lowest BCUT2D eigenvalue weighted by atomic mass is 9.97. The van der Waals surface area contributed by atoms with Crippen LogP contribution in [-0.2, 0) is 9.53 Å². The summed E-state index contributed by atoms with van der Waals surface area (Å²) in [6, 6.07) is -0.208. The van der Waals surface area contributed by atoms with E-state index in [0.717, 1.165) is 12.8 Å². The first kappa shape index (κ1) is 13.0. The SMILES string of the molecule is CC(C)(C)C(=O)OC(=O)N1CCC[C@H]1CO. The monoisotopic (exact) mass is 229 g/mol. The van der Waals surface area contributed by atoms with Crippen LogP contribution in [0, 0.1) is 5.41 Å². The fourth-order valence-corrected chi connectivity index (χ4v) is 1.56. The van der Waals surface area contributed by atoms with Crippen molar-refractivity contribution in [2.45, 2.75) is 39.7 Å². The summed E-state index contributed by atoms with van der Waals surface area (Å²) in [5, 5.41) is 9.04. The molecule has 5 nitrogen and oxygen atoms in total. The Kier molecular flexibility index (Phi) is 3.91. The Labute approximate surface area is 95.4 Å². The van der Waals surface area contributed by atoms with Gasteiger partial charge in [-0.1, -0.05) is 0 Å². The number of likely N-dealkylation sites (tertiary alicyclic amines) is 1. The molecule has 0 radical (unpaired) electrons. The molecule has 0 aromatic heterocycles. The van der Waals surface area contributed by atoms with Crippen LogP contribution in [0.2, 0.25) is 0 Å². The molecule has 0 aliphatic carbocycles. The molecule has 1 aliphatic heterocycles. The van der Waals surface area contributed by atoms with Crippen molar-refractivity contribution in [2.75, 3.05) is 13.2 Å². The van der Waals surface area contributed by atoms with E-state index < -0.39 is 17.5 Å². The number of carbonyl (C=O) groups excluding carboxylic acids is 2. The first-order chi connectivity index (χ1) is 7.36. The molecule has 5 heteroatoms. The minimum Gasteiger partial charge on any atom is -0.394 e. The number of hydrogen-bond acceptors (Lipinski definition) is 4. The zero-order chi connectivity index (χ0) is 12.3. The normalized spacial score (nSPS) is 21.0. The van der Waals surface area contributed by atoms with Gasteiger partial charge in [-0.3, -0.25) is 4.79 Å². The number of aliphatic hydroxyl groups excluding tert-OH is 1. The topological polar surface area (TPSA) is 66.8 Å². The van der Waals surface area contributed by atoms with Crippen molar-refractivity contribution in [3.05, 3.63) is 0 Å². The summed E-state index contributed by atoms with van der Waals surface area (Å²) in [5.74, 6) is -0.541. The van der Waals surface area contributed by atoms with Crippen molar-refractivity contribution in [1.82, 2.24) is 4.90 Å². The molecule has 1 N–H and O–H groups in total. The summed E-state index contributed by atoms with van der Waals surface area (Å²) >= 11 is 0. The predicted octanol–water partition coefficient (Wildman–Crippen LogP) is 1.15. The second-order valence-electron chi connectivity index (χ2n) is 5.08. The highest BCUT2D eigenvalue weighted by molar-refractivity contribution is 5.87. The van der Waals surface area contributed by atoms with Gasteiger partial charge in [-0.15, -0.1) is 0 Å². The van der Waals surface area contributed by atoms with Crippen molar-refractivity contribution in [2.24, 2.45) is 5.41 Å². The van der Waals surface area contributed by atoms with E-state index in [9.17, 15) is 9.59 Å². The maximum atomic E-state index is 11.6. The molecular formula is C11H19NO4. The summed E-state index contributed by atoms with van der Waals surface area (Å²) in [4.78, 5) is 24.6. The Morgan fingerprint density at radius 3 is 2.56 bits per heavy atom. The van der Waals surface area contributed by atoms with Crippen LogP contribution in [0.4, 0.5) is 4.79 Å². The van der Waals surface area contributed by atoms with Crippen LogP contribution in [0.25, 0.3) is 0 Å². The van der Waals surface area contributed by atoms with Gasteiger partial charge >= 0.3 is 12.1 Å². The quantitative estimate of drug-likeness (QED) is 0.541. The van der Waals surface area contributed by atoms with Crippen molar-refractivity contribution in [1.29, 1.82) is 0 Å². The van der Waals surface area contributed by atoms with Gasteiger partial charge in [-0.2, -0.15) is 0 Å². The molecule has 1 rings (SSSR count). The summed E-state index contributed by atoms with van der Waals surface area (Å²) in [5.41, 5.74) is -0.690. The van der Waals surface area contributed by atoms with E-state index >= 15 is 0 Å². The molecule has 0 aromatic rings. The number of hydrogen-bond donors (Lipinski definition) is 1. The van der Waals surface area contributed by atoms with Crippen LogP contribution < -0.4 is 0 Å². The van der Waals surface area contributed by atoms with E-state index in [0.29, 0.717) is 6.54 Å². The molecule has 1 amide bonds. The zero-order valence-corrected chi connectivity index (χ0v) is 10.0. The van der Waals surface area contributed by atoms with Crippen LogP contribution in [0.3, 0.4) is 0 Å². The average Bonchev–Trinajstić information content (AvgIpc) is 2.63. The van der Waals surface area contributed by atoms with Crippen molar-refractivity contribution in [3.8, 4) is 0 Å². The van der Waals surface area contributed by atoms with E-state index in [1.807, 2.05) is 0 Å². The molecule has 0 bridgehead atoms. The molecule has 92 valence electrons. The highest BCUT2D eigenvalue weighted by Crippen LogP contribution is 2.20. The second-order valence-corrected chi connectivity index (χ2v) is 5.08. The molecule has 16 heavy (non-hydrogen) atoms. The summed E-state index contributed by atoms with van der Waals surface area (Å²) in [7, 11) is 0. The molecule has 0 saturated carbocycles. The van der Waals surface area contributed by atoms with Crippen LogP contribution in [0.1, 0.15) is 33.6 Å². The number of esters is 1. The molecule has 1 fully saturated rings. The first-order valence-corrected chi connectivity index (χ1v) is 5.50. The summed E-state index contributed by atoms with van der Waals surface area (Å²) in [6.45, 7) is 5.53. The number of amides is 1. The largest absolute Gasteiger partial charge is 0.417 e. The van der Waals surface area contributed by atoms with Gasteiger partial charge in [0, 0.05) is 6.54 Å². The van der Waals surface area contributed by atoms with Gasteiger partial charge in [0.15, 0.2) is 0 Å². The lowest BCUT2D eigenvalue weighted by Gasteiger charge is -2.23. The number of ether oxygens (including phenoxy) is 1. The van der Waals surface area contributed by atoms with Gasteiger partial charge < -0.3 is 14.7 Å². The zero-order valence-electron chi connectivity index (χ0n) is 10.0. The Morgan fingerprint density at radius 1 is 1.44 bits per heavy atom. The number of nitrogens with zero attached hydrogens (tertiary/aromatic N) is 1. The van der Waals surface area contributed by atoms with Crippen molar-refractivity contribution < 1.29 is 19.4 Å². The van der Waals surface area contributed by atoms with Gasteiger partial charge in [-0.05, 0) is 33.6 Å². The van der Waals surface area contributed by atoms with E-state index in [1.165, 1.54) is 4.90 Å². The van der Waals surface area contributed by atoms with E-state index in [2.05, 4.69) is 0 Å². The molecular weight excluding hydrogens is 210 g/mol. The third kappa shape index (κ3) is 2.95. The van der Waals surface area contributed by atoms with Crippen molar-refractivity contribution in [3.63, 3.8) is 0 Å². The highest BCUT2D eigenvalue weighted by Gasteiger charge is 2.33. The smallest absolute Gasteiger partial charge is 0.394 e. The first-order valence-electron chi connectivity index (χ1n) is 5.50. The molecule has 1 aliphatic rings. The van der Waals surface area contributed by atoms with E-state index in [4.69, 9.17) is 9.84 Å². The van der Waals surface area contributed by atoms with Crippen LogP contribution in [0.15, 0.2) is 0 Å². The van der Waals surface area contributed by atoms with Crippen LogP contribution in [-0.4, -0.2) is 41.3 Å². The Balaban J connectivity index is 2.56. The van der Waals surface area contributed by atoms with Gasteiger partial charge in [-0.25, -0.2) is 4.79 Å². The Morgan fingerprint density at radius 2 is 2.06 bits per heavy atom. The Bertz CT molecular complexity index is 282. The van der Waals surface area contributed by atoms with Crippen LogP contribution in [0.5, 0.6) is 0 Å². The fourth-order valence-electron chi connectivity index (χ4n) is 1.56. The predicted molar refractivity (Wildman–Crippen MR) is 57.8 cm³/mol. The molecule has 1 atom stereocenters. The van der Waals surface area contributed by atoms with E-state index in [1.54, 1.807) is 20.8 Å². The second kappa shape index (κ2) is 4.82. The fraction of sp³-hybridized carbons (Fsp3) is 0.818. The minimum atomic E-state index is -0.690. The van der Waals surface area contributed by atoms with Crippen LogP contribution >= 0.6 is 0 Å². The third-order valence-electron chi connectivity index (χ3n) is 2.61. The Hall–Kier alpha value is -1.10. The lowest BCUT2D eigenvalue weighted by molar-refractivity contribution is -0.147. The van der Waals surface area contributed by atoms with Gasteiger partial charge in [0.2, 0.25) is 0 Å². The number of rotatable bonds is 1. The van der Waals surface area contributed by atoms with Gasteiger partial charge in [0.05, 0.1) is 18.1 Å². The van der Waals surface area contributed by atoms with Crippen molar-refractivity contribution >= 4 is 12.1 Å². The number of aliphatic hydroxyl groups is 1. The van der Waals surface area contributed by atoms with E-state index in [-0.39, 0.29) is 12.6 Å². The average molecular weight is 229 g/mol. The number of carbonyl (C=O) groups is 2. The molecule has 1 heterocycles. The molecule has 0 aromatic carbocycles. The van der Waals surface area contributed by atoms with Gasteiger partial charge in [0.25, 0.3) is 0 Å². The molecule has 1 saturated heterocycles. The maximum Gasteiger partial charge on any atom is 0.417 e. The minimum absolute atomic E-state index is 0.0845.